The number of hydrogen-bond acceptors (Lipinski definition) is 2. The minimum atomic E-state index is -0.659. The van der Waals surface area contributed by atoms with Crippen LogP contribution in [0.15, 0.2) is 0 Å². The fraction of sp³-hybridized carbons (Fsp3) is 0.909. The van der Waals surface area contributed by atoms with Gasteiger partial charge in [-0.3, -0.25) is 4.79 Å². The summed E-state index contributed by atoms with van der Waals surface area (Å²) in [6.45, 7) is 0. The SMILES string of the molecule is Cl.NC(=O)C1(N)C2CC3CC(C2)CC1C3. The molecule has 0 radical (unpaired) electrons. The van der Waals surface area contributed by atoms with Crippen LogP contribution in [0.4, 0.5) is 0 Å². The highest BCUT2D eigenvalue weighted by Gasteiger charge is 2.58. The van der Waals surface area contributed by atoms with Crippen molar-refractivity contribution in [3.05, 3.63) is 0 Å². The average Bonchev–Trinajstić information content (AvgIpc) is 2.12. The Morgan fingerprint density at radius 3 is 1.73 bits per heavy atom. The van der Waals surface area contributed by atoms with Crippen LogP contribution in [0.5, 0.6) is 0 Å². The van der Waals surface area contributed by atoms with Crippen LogP contribution < -0.4 is 11.5 Å². The molecule has 15 heavy (non-hydrogen) atoms. The first kappa shape index (κ1) is 11.2. The fourth-order valence-corrected chi connectivity index (χ4v) is 4.37. The van der Waals surface area contributed by atoms with E-state index in [0.717, 1.165) is 37.5 Å². The van der Waals surface area contributed by atoms with E-state index in [2.05, 4.69) is 0 Å². The molecule has 4 bridgehead atoms. The van der Waals surface area contributed by atoms with Crippen molar-refractivity contribution in [2.45, 2.75) is 37.6 Å². The number of nitrogens with two attached hydrogens (primary N) is 2. The molecule has 1 amide bonds. The summed E-state index contributed by atoms with van der Waals surface area (Å²) in [5, 5.41) is 0. The van der Waals surface area contributed by atoms with E-state index in [-0.39, 0.29) is 18.3 Å². The van der Waals surface area contributed by atoms with Crippen molar-refractivity contribution in [1.82, 2.24) is 0 Å². The second-order valence-electron chi connectivity index (χ2n) is 5.60. The molecule has 86 valence electrons. The van der Waals surface area contributed by atoms with Crippen molar-refractivity contribution in [2.75, 3.05) is 0 Å². The number of carbonyl (C=O) groups excluding carboxylic acids is 1. The Morgan fingerprint density at radius 1 is 1.00 bits per heavy atom. The molecule has 4 rings (SSSR count). The minimum Gasteiger partial charge on any atom is -0.368 e. The maximum Gasteiger partial charge on any atom is 0.238 e. The van der Waals surface area contributed by atoms with Gasteiger partial charge in [0.25, 0.3) is 0 Å². The molecule has 0 spiro atoms. The Balaban J connectivity index is 0.000000853. The molecular formula is C11H19ClN2O. The average molecular weight is 231 g/mol. The molecule has 0 atom stereocenters. The molecule has 0 saturated heterocycles. The van der Waals surface area contributed by atoms with E-state index in [9.17, 15) is 4.79 Å². The van der Waals surface area contributed by atoms with Gasteiger partial charge < -0.3 is 11.5 Å². The van der Waals surface area contributed by atoms with E-state index >= 15 is 0 Å². The summed E-state index contributed by atoms with van der Waals surface area (Å²) in [6.07, 6.45) is 5.96. The zero-order valence-electron chi connectivity index (χ0n) is 8.82. The maximum atomic E-state index is 11.5. The molecule has 4 N–H and O–H groups in total. The van der Waals surface area contributed by atoms with E-state index in [0.29, 0.717) is 11.8 Å². The van der Waals surface area contributed by atoms with Crippen molar-refractivity contribution in [3.63, 3.8) is 0 Å². The lowest BCUT2D eigenvalue weighted by molar-refractivity contribution is -0.138. The summed E-state index contributed by atoms with van der Waals surface area (Å²) in [7, 11) is 0. The lowest BCUT2D eigenvalue weighted by atomic mass is 9.48. The van der Waals surface area contributed by atoms with Crippen LogP contribution in [-0.4, -0.2) is 11.4 Å². The number of rotatable bonds is 1. The minimum absolute atomic E-state index is 0. The smallest absolute Gasteiger partial charge is 0.238 e. The fourth-order valence-electron chi connectivity index (χ4n) is 4.37. The lowest BCUT2D eigenvalue weighted by Gasteiger charge is -2.58. The number of primary amides is 1. The van der Waals surface area contributed by atoms with Gasteiger partial charge >= 0.3 is 0 Å². The van der Waals surface area contributed by atoms with Gasteiger partial charge in [-0.15, -0.1) is 12.4 Å². The normalized spacial score (nSPS) is 51.3. The zero-order chi connectivity index (χ0) is 9.92. The van der Waals surface area contributed by atoms with E-state index < -0.39 is 5.54 Å². The van der Waals surface area contributed by atoms with Crippen molar-refractivity contribution in [1.29, 1.82) is 0 Å². The lowest BCUT2D eigenvalue weighted by Crippen LogP contribution is -2.68. The third-order valence-electron chi connectivity index (χ3n) is 4.92. The maximum absolute atomic E-state index is 11.5. The Labute approximate surface area is 96.4 Å². The first-order valence-electron chi connectivity index (χ1n) is 5.69. The van der Waals surface area contributed by atoms with Crippen LogP contribution in [0.3, 0.4) is 0 Å². The first-order chi connectivity index (χ1) is 6.60. The first-order valence-corrected chi connectivity index (χ1v) is 5.69. The van der Waals surface area contributed by atoms with E-state index in [4.69, 9.17) is 11.5 Å². The van der Waals surface area contributed by atoms with Gasteiger partial charge in [0.2, 0.25) is 5.91 Å². The Bertz CT molecular complexity index is 264. The van der Waals surface area contributed by atoms with Crippen molar-refractivity contribution in [3.8, 4) is 0 Å². The molecule has 4 fully saturated rings. The molecule has 0 heterocycles. The molecule has 0 aromatic heterocycles. The topological polar surface area (TPSA) is 69.1 Å². The summed E-state index contributed by atoms with van der Waals surface area (Å²) >= 11 is 0. The molecule has 4 saturated carbocycles. The molecule has 0 aromatic rings. The number of halogens is 1. The highest BCUT2D eigenvalue weighted by atomic mass is 35.5. The van der Waals surface area contributed by atoms with Crippen LogP contribution >= 0.6 is 12.4 Å². The van der Waals surface area contributed by atoms with Gasteiger partial charge in [0.1, 0.15) is 5.54 Å². The Morgan fingerprint density at radius 2 is 1.40 bits per heavy atom. The molecule has 0 aromatic carbocycles. The molecule has 0 unspecified atom stereocenters. The summed E-state index contributed by atoms with van der Waals surface area (Å²) in [6, 6.07) is 0. The van der Waals surface area contributed by atoms with Gasteiger partial charge in [0.05, 0.1) is 0 Å². The highest BCUT2D eigenvalue weighted by molar-refractivity contribution is 5.86. The second kappa shape index (κ2) is 3.36. The highest BCUT2D eigenvalue weighted by Crippen LogP contribution is 2.57. The van der Waals surface area contributed by atoms with Crippen molar-refractivity contribution < 1.29 is 4.79 Å². The van der Waals surface area contributed by atoms with Gasteiger partial charge in [-0.2, -0.15) is 0 Å². The van der Waals surface area contributed by atoms with Gasteiger partial charge in [0.15, 0.2) is 0 Å². The largest absolute Gasteiger partial charge is 0.368 e. The molecule has 4 aliphatic rings. The zero-order valence-corrected chi connectivity index (χ0v) is 9.63. The van der Waals surface area contributed by atoms with E-state index in [1.54, 1.807) is 0 Å². The predicted octanol–water partition coefficient (Wildman–Crippen LogP) is 1.05. The Hall–Kier alpha value is -0.280. The van der Waals surface area contributed by atoms with Crippen molar-refractivity contribution >= 4 is 18.3 Å². The monoisotopic (exact) mass is 230 g/mol. The summed E-state index contributed by atoms with van der Waals surface area (Å²) < 4.78 is 0. The van der Waals surface area contributed by atoms with Crippen LogP contribution in [0.25, 0.3) is 0 Å². The van der Waals surface area contributed by atoms with Crippen LogP contribution in [0.2, 0.25) is 0 Å². The summed E-state index contributed by atoms with van der Waals surface area (Å²) in [4.78, 5) is 11.5. The Kier molecular flexibility index (Phi) is 2.51. The van der Waals surface area contributed by atoms with Crippen LogP contribution in [-0.2, 0) is 4.79 Å². The van der Waals surface area contributed by atoms with Gasteiger partial charge in [-0.05, 0) is 55.8 Å². The summed E-state index contributed by atoms with van der Waals surface area (Å²) in [5.74, 6) is 2.20. The van der Waals surface area contributed by atoms with E-state index in [1.165, 1.54) is 6.42 Å². The molecule has 4 aliphatic carbocycles. The standard InChI is InChI=1S/C11H18N2O.ClH/c12-10(14)11(13)8-2-6-1-7(4-8)5-9(11)3-6;/h6-9H,1-5,13H2,(H2,12,14);1H. The quantitative estimate of drug-likeness (QED) is 0.707. The van der Waals surface area contributed by atoms with E-state index in [1.807, 2.05) is 0 Å². The predicted molar refractivity (Wildman–Crippen MR) is 60.4 cm³/mol. The third-order valence-corrected chi connectivity index (χ3v) is 4.92. The van der Waals surface area contributed by atoms with Crippen LogP contribution in [0, 0.1) is 23.7 Å². The summed E-state index contributed by atoms with van der Waals surface area (Å²) in [5.41, 5.74) is 11.1. The molecule has 4 heteroatoms. The van der Waals surface area contributed by atoms with Gasteiger partial charge in [0, 0.05) is 0 Å². The van der Waals surface area contributed by atoms with Gasteiger partial charge in [-0.1, -0.05) is 0 Å². The number of hydrogen-bond donors (Lipinski definition) is 2. The van der Waals surface area contributed by atoms with Crippen LogP contribution in [0.1, 0.15) is 32.1 Å². The number of carbonyl (C=O) groups is 1. The molecule has 3 nitrogen and oxygen atoms in total. The second-order valence-corrected chi connectivity index (χ2v) is 5.60. The van der Waals surface area contributed by atoms with Crippen molar-refractivity contribution in [2.24, 2.45) is 35.1 Å². The molecule has 0 aliphatic heterocycles. The van der Waals surface area contributed by atoms with Gasteiger partial charge in [-0.25, -0.2) is 0 Å². The number of amides is 1. The molecular weight excluding hydrogens is 212 g/mol. The third kappa shape index (κ3) is 1.32.